The minimum atomic E-state index is -0.346. The van der Waals surface area contributed by atoms with Gasteiger partial charge in [-0.15, -0.1) is 0 Å². The van der Waals surface area contributed by atoms with Gasteiger partial charge in [-0.25, -0.2) is 4.79 Å². The van der Waals surface area contributed by atoms with Gasteiger partial charge in [0.25, 0.3) is 0 Å². The van der Waals surface area contributed by atoms with Crippen molar-refractivity contribution in [3.8, 4) is 0 Å². The summed E-state index contributed by atoms with van der Waals surface area (Å²) in [6, 6.07) is 3.70. The lowest BCUT2D eigenvalue weighted by Crippen LogP contribution is -2.05. The van der Waals surface area contributed by atoms with E-state index in [1.807, 2.05) is 19.9 Å². The van der Waals surface area contributed by atoms with Gasteiger partial charge < -0.3 is 4.74 Å². The van der Waals surface area contributed by atoms with Crippen LogP contribution in [0, 0.1) is 13.8 Å². The maximum Gasteiger partial charge on any atom is 0.339 e. The van der Waals surface area contributed by atoms with E-state index < -0.39 is 0 Å². The summed E-state index contributed by atoms with van der Waals surface area (Å²) >= 11 is 1.06. The Bertz CT molecular complexity index is 363. The van der Waals surface area contributed by atoms with Gasteiger partial charge in [-0.2, -0.15) is 0 Å². The molecule has 1 rings (SSSR count). The van der Waals surface area contributed by atoms with Crippen LogP contribution < -0.4 is 5.14 Å². The van der Waals surface area contributed by atoms with Gasteiger partial charge in [0.2, 0.25) is 0 Å². The van der Waals surface area contributed by atoms with E-state index in [2.05, 4.69) is 4.74 Å². The lowest BCUT2D eigenvalue weighted by atomic mass is 10.1. The van der Waals surface area contributed by atoms with E-state index in [1.165, 1.54) is 7.11 Å². The van der Waals surface area contributed by atoms with Crippen LogP contribution in [0.3, 0.4) is 0 Å². The standard InChI is InChI=1S/C10H13NO2S/c1-6-4-8(10(12)13-3)9(14-11)5-7(6)2/h4-5H,11H2,1-3H3. The minimum absolute atomic E-state index is 0.346. The molecule has 0 radical (unpaired) electrons. The molecule has 0 unspecified atom stereocenters. The molecule has 0 aromatic heterocycles. The molecule has 14 heavy (non-hydrogen) atoms. The molecular formula is C10H13NO2S. The van der Waals surface area contributed by atoms with E-state index in [0.717, 1.165) is 28.0 Å². The van der Waals surface area contributed by atoms with Crippen molar-refractivity contribution in [1.29, 1.82) is 0 Å². The van der Waals surface area contributed by atoms with Gasteiger partial charge >= 0.3 is 5.97 Å². The number of carbonyl (C=O) groups is 1. The number of nitrogens with two attached hydrogens (primary N) is 1. The maximum absolute atomic E-state index is 11.4. The molecule has 3 nitrogen and oxygen atoms in total. The van der Waals surface area contributed by atoms with Crippen LogP contribution in [-0.4, -0.2) is 13.1 Å². The molecule has 0 bridgehead atoms. The van der Waals surface area contributed by atoms with Gasteiger partial charge in [-0.1, -0.05) is 0 Å². The van der Waals surface area contributed by atoms with Crippen molar-refractivity contribution in [2.24, 2.45) is 5.14 Å². The van der Waals surface area contributed by atoms with E-state index >= 15 is 0 Å². The normalized spacial score (nSPS) is 10.0. The summed E-state index contributed by atoms with van der Waals surface area (Å²) in [5.74, 6) is -0.346. The number of esters is 1. The van der Waals surface area contributed by atoms with Crippen molar-refractivity contribution in [2.45, 2.75) is 18.7 Å². The van der Waals surface area contributed by atoms with Crippen molar-refractivity contribution in [3.05, 3.63) is 28.8 Å². The van der Waals surface area contributed by atoms with E-state index in [9.17, 15) is 4.79 Å². The van der Waals surface area contributed by atoms with E-state index in [4.69, 9.17) is 5.14 Å². The van der Waals surface area contributed by atoms with Crippen LogP contribution in [0.1, 0.15) is 21.5 Å². The Hall–Kier alpha value is -1.00. The second kappa shape index (κ2) is 4.48. The zero-order chi connectivity index (χ0) is 10.7. The van der Waals surface area contributed by atoms with E-state index in [0.29, 0.717) is 5.56 Å². The summed E-state index contributed by atoms with van der Waals surface area (Å²) in [6.45, 7) is 3.93. The summed E-state index contributed by atoms with van der Waals surface area (Å²) < 4.78 is 4.67. The number of methoxy groups -OCH3 is 1. The van der Waals surface area contributed by atoms with Crippen LogP contribution in [0.5, 0.6) is 0 Å². The smallest absolute Gasteiger partial charge is 0.339 e. The van der Waals surface area contributed by atoms with Crippen molar-refractivity contribution < 1.29 is 9.53 Å². The van der Waals surface area contributed by atoms with Crippen molar-refractivity contribution in [1.82, 2.24) is 0 Å². The first kappa shape index (κ1) is 11.1. The van der Waals surface area contributed by atoms with Gasteiger partial charge in [0.05, 0.1) is 12.7 Å². The van der Waals surface area contributed by atoms with Crippen molar-refractivity contribution >= 4 is 17.9 Å². The molecule has 0 heterocycles. The summed E-state index contributed by atoms with van der Waals surface area (Å²) in [6.07, 6.45) is 0. The second-order valence-corrected chi connectivity index (χ2v) is 3.72. The molecule has 1 aromatic rings. The number of aryl methyl sites for hydroxylation is 2. The highest BCUT2D eigenvalue weighted by atomic mass is 32.2. The van der Waals surface area contributed by atoms with Gasteiger partial charge in [0.1, 0.15) is 0 Å². The third kappa shape index (κ3) is 2.08. The quantitative estimate of drug-likeness (QED) is 0.601. The predicted molar refractivity (Wildman–Crippen MR) is 57.3 cm³/mol. The predicted octanol–water partition coefficient (Wildman–Crippen LogP) is 2.06. The first-order chi connectivity index (χ1) is 6.60. The zero-order valence-electron chi connectivity index (χ0n) is 8.46. The summed E-state index contributed by atoms with van der Waals surface area (Å²) in [4.78, 5) is 12.1. The van der Waals surface area contributed by atoms with Crippen LogP contribution in [0.15, 0.2) is 17.0 Å². The van der Waals surface area contributed by atoms with E-state index in [-0.39, 0.29) is 5.97 Å². The number of ether oxygens (including phenoxy) is 1. The molecular weight excluding hydrogens is 198 g/mol. The fourth-order valence-electron chi connectivity index (χ4n) is 1.16. The maximum atomic E-state index is 11.4. The fourth-order valence-corrected chi connectivity index (χ4v) is 1.67. The highest BCUT2D eigenvalue weighted by molar-refractivity contribution is 7.97. The lowest BCUT2D eigenvalue weighted by Gasteiger charge is -2.08. The number of carbonyl (C=O) groups excluding carboxylic acids is 1. The molecule has 0 aliphatic rings. The molecule has 0 aliphatic carbocycles. The van der Waals surface area contributed by atoms with Crippen LogP contribution in [0.25, 0.3) is 0 Å². The highest BCUT2D eigenvalue weighted by Crippen LogP contribution is 2.23. The highest BCUT2D eigenvalue weighted by Gasteiger charge is 2.12. The Morgan fingerprint density at radius 1 is 1.36 bits per heavy atom. The lowest BCUT2D eigenvalue weighted by molar-refractivity contribution is 0.0596. The van der Waals surface area contributed by atoms with Gasteiger partial charge in [-0.05, 0) is 49.1 Å². The largest absolute Gasteiger partial charge is 0.465 e. The summed E-state index contributed by atoms with van der Waals surface area (Å²) in [7, 11) is 1.36. The third-order valence-electron chi connectivity index (χ3n) is 2.13. The van der Waals surface area contributed by atoms with Crippen molar-refractivity contribution in [2.75, 3.05) is 7.11 Å². The van der Waals surface area contributed by atoms with Crippen LogP contribution in [-0.2, 0) is 4.74 Å². The van der Waals surface area contributed by atoms with Crippen LogP contribution in [0.4, 0.5) is 0 Å². The molecule has 0 aliphatic heterocycles. The van der Waals surface area contributed by atoms with Gasteiger partial charge in [0, 0.05) is 4.90 Å². The average molecular weight is 211 g/mol. The first-order valence-electron chi connectivity index (χ1n) is 4.16. The van der Waals surface area contributed by atoms with E-state index in [1.54, 1.807) is 6.07 Å². The second-order valence-electron chi connectivity index (χ2n) is 3.04. The topological polar surface area (TPSA) is 52.3 Å². The minimum Gasteiger partial charge on any atom is -0.465 e. The Morgan fingerprint density at radius 3 is 2.43 bits per heavy atom. The number of rotatable bonds is 2. The molecule has 0 amide bonds. The Morgan fingerprint density at radius 2 is 1.93 bits per heavy atom. The Labute approximate surface area is 87.8 Å². The van der Waals surface area contributed by atoms with Crippen molar-refractivity contribution in [3.63, 3.8) is 0 Å². The van der Waals surface area contributed by atoms with Gasteiger partial charge in [0.15, 0.2) is 0 Å². The zero-order valence-corrected chi connectivity index (χ0v) is 9.27. The Balaban J connectivity index is 3.27. The SMILES string of the molecule is COC(=O)c1cc(C)c(C)cc1SN. The van der Waals surface area contributed by atoms with Crippen LogP contribution >= 0.6 is 11.9 Å². The molecule has 0 saturated carbocycles. The molecule has 1 aromatic carbocycles. The monoisotopic (exact) mass is 211 g/mol. The number of hydrogen-bond donors (Lipinski definition) is 1. The fraction of sp³-hybridized carbons (Fsp3) is 0.300. The number of hydrogen-bond acceptors (Lipinski definition) is 4. The summed E-state index contributed by atoms with van der Waals surface area (Å²) in [5, 5.41) is 5.47. The summed E-state index contributed by atoms with van der Waals surface area (Å²) in [5.41, 5.74) is 2.71. The molecule has 0 atom stereocenters. The van der Waals surface area contributed by atoms with Crippen LogP contribution in [0.2, 0.25) is 0 Å². The molecule has 0 fully saturated rings. The Kier molecular flexibility index (Phi) is 3.55. The molecule has 2 N–H and O–H groups in total. The number of benzene rings is 1. The molecule has 0 spiro atoms. The average Bonchev–Trinajstić information content (AvgIpc) is 2.20. The first-order valence-corrected chi connectivity index (χ1v) is 5.04. The third-order valence-corrected chi connectivity index (χ3v) is 2.72. The molecule has 0 saturated heterocycles. The molecule has 4 heteroatoms. The molecule has 76 valence electrons. The van der Waals surface area contributed by atoms with Gasteiger partial charge in [-0.3, -0.25) is 5.14 Å².